The maximum atomic E-state index is 11.6. The van der Waals surface area contributed by atoms with Crippen LogP contribution in [0.2, 0.25) is 0 Å². The Morgan fingerprint density at radius 3 is 2.88 bits per heavy atom. The second-order valence-corrected chi connectivity index (χ2v) is 4.43. The molecule has 92 valence electrons. The first-order chi connectivity index (χ1) is 8.09. The number of aromatic nitrogens is 3. The van der Waals surface area contributed by atoms with Gasteiger partial charge in [-0.3, -0.25) is 14.7 Å². The molecule has 0 fully saturated rings. The fourth-order valence-electron chi connectivity index (χ4n) is 1.05. The molecule has 0 saturated carbocycles. The summed E-state index contributed by atoms with van der Waals surface area (Å²) in [5, 5.41) is 12.4. The van der Waals surface area contributed by atoms with E-state index in [0.29, 0.717) is 23.6 Å². The third kappa shape index (κ3) is 5.30. The number of rotatable bonds is 5. The quantitative estimate of drug-likeness (QED) is 0.593. The summed E-state index contributed by atoms with van der Waals surface area (Å²) in [4.78, 5) is 22.2. The third-order valence-electron chi connectivity index (χ3n) is 1.84. The highest BCUT2D eigenvalue weighted by atomic mass is 32.2. The van der Waals surface area contributed by atoms with Crippen LogP contribution in [0.4, 0.5) is 0 Å². The lowest BCUT2D eigenvalue weighted by Gasteiger charge is -2.01. The Bertz CT molecular complexity index is 414. The normalized spacial score (nSPS) is 11.3. The van der Waals surface area contributed by atoms with Crippen LogP contribution in [-0.2, 0) is 9.59 Å². The summed E-state index contributed by atoms with van der Waals surface area (Å²) < 4.78 is 0. The lowest BCUT2D eigenvalue weighted by Crippen LogP contribution is -2.22. The standard InChI is InChI=1S/C10H14N4O2S/c1-7(5-9-6-12-14-13-9)10(16)17-4-3-11-8(2)15/h5-6H,3-4H2,1-2H3,(H,11,15)(H,12,13,14)/b7-5+. The second kappa shape index (κ2) is 6.85. The van der Waals surface area contributed by atoms with E-state index in [1.807, 2.05) is 0 Å². The maximum Gasteiger partial charge on any atom is 0.216 e. The van der Waals surface area contributed by atoms with Crippen LogP contribution in [0.3, 0.4) is 0 Å². The van der Waals surface area contributed by atoms with Gasteiger partial charge in [0, 0.05) is 24.8 Å². The van der Waals surface area contributed by atoms with E-state index in [-0.39, 0.29) is 11.0 Å². The molecule has 0 unspecified atom stereocenters. The zero-order valence-corrected chi connectivity index (χ0v) is 10.5. The molecule has 17 heavy (non-hydrogen) atoms. The predicted octanol–water partition coefficient (Wildman–Crippen LogP) is 0.604. The molecular weight excluding hydrogens is 240 g/mol. The van der Waals surface area contributed by atoms with Crippen molar-refractivity contribution < 1.29 is 9.59 Å². The fraction of sp³-hybridized carbons (Fsp3) is 0.400. The van der Waals surface area contributed by atoms with Gasteiger partial charge in [0.15, 0.2) is 0 Å². The Kier molecular flexibility index (Phi) is 5.41. The molecule has 0 bridgehead atoms. The lowest BCUT2D eigenvalue weighted by atomic mass is 10.3. The zero-order chi connectivity index (χ0) is 12.7. The Morgan fingerprint density at radius 2 is 2.29 bits per heavy atom. The van der Waals surface area contributed by atoms with Crippen molar-refractivity contribution in [2.45, 2.75) is 13.8 Å². The first-order valence-corrected chi connectivity index (χ1v) is 6.04. The van der Waals surface area contributed by atoms with Gasteiger partial charge in [-0.05, 0) is 13.0 Å². The van der Waals surface area contributed by atoms with Gasteiger partial charge in [-0.2, -0.15) is 0 Å². The van der Waals surface area contributed by atoms with Crippen LogP contribution in [0.25, 0.3) is 6.08 Å². The van der Waals surface area contributed by atoms with Gasteiger partial charge >= 0.3 is 0 Å². The first-order valence-electron chi connectivity index (χ1n) is 5.05. The number of hydrogen-bond acceptors (Lipinski definition) is 5. The topological polar surface area (TPSA) is 87.7 Å². The van der Waals surface area contributed by atoms with Crippen LogP contribution < -0.4 is 5.32 Å². The molecule has 1 amide bonds. The summed E-state index contributed by atoms with van der Waals surface area (Å²) in [5.41, 5.74) is 1.31. The molecule has 7 heteroatoms. The lowest BCUT2D eigenvalue weighted by molar-refractivity contribution is -0.118. The van der Waals surface area contributed by atoms with Crippen LogP contribution >= 0.6 is 11.8 Å². The van der Waals surface area contributed by atoms with E-state index in [9.17, 15) is 9.59 Å². The number of nitrogens with one attached hydrogen (secondary N) is 2. The molecule has 0 spiro atoms. The molecule has 0 atom stereocenters. The van der Waals surface area contributed by atoms with Crippen molar-refractivity contribution in [2.24, 2.45) is 0 Å². The number of carbonyl (C=O) groups is 2. The number of nitrogens with zero attached hydrogens (tertiary/aromatic N) is 2. The van der Waals surface area contributed by atoms with E-state index in [4.69, 9.17) is 0 Å². The van der Waals surface area contributed by atoms with Gasteiger partial charge < -0.3 is 5.32 Å². The number of carbonyl (C=O) groups excluding carboxylic acids is 2. The van der Waals surface area contributed by atoms with Crippen molar-refractivity contribution in [1.29, 1.82) is 0 Å². The van der Waals surface area contributed by atoms with Gasteiger partial charge in [0.2, 0.25) is 11.0 Å². The first kappa shape index (κ1) is 13.4. The van der Waals surface area contributed by atoms with Crippen molar-refractivity contribution in [2.75, 3.05) is 12.3 Å². The Labute approximate surface area is 103 Å². The SMILES string of the molecule is CC(=O)NCCSC(=O)/C(C)=C/c1cnn[nH]1. The molecule has 1 aromatic heterocycles. The van der Waals surface area contributed by atoms with Crippen molar-refractivity contribution in [3.63, 3.8) is 0 Å². The van der Waals surface area contributed by atoms with Gasteiger partial charge in [-0.25, -0.2) is 0 Å². The van der Waals surface area contributed by atoms with E-state index in [0.717, 1.165) is 0 Å². The molecular formula is C10H14N4O2S. The van der Waals surface area contributed by atoms with Crippen LogP contribution in [0.1, 0.15) is 19.5 Å². The second-order valence-electron chi connectivity index (χ2n) is 3.36. The van der Waals surface area contributed by atoms with Crippen molar-refractivity contribution in [1.82, 2.24) is 20.7 Å². The van der Waals surface area contributed by atoms with Gasteiger partial charge in [-0.15, -0.1) is 5.10 Å². The highest BCUT2D eigenvalue weighted by Gasteiger charge is 2.05. The van der Waals surface area contributed by atoms with Gasteiger partial charge in [0.05, 0.1) is 11.9 Å². The van der Waals surface area contributed by atoms with E-state index >= 15 is 0 Å². The van der Waals surface area contributed by atoms with Crippen LogP contribution in [0, 0.1) is 0 Å². The number of aromatic amines is 1. The molecule has 0 aromatic carbocycles. The van der Waals surface area contributed by atoms with Crippen LogP contribution in [0.5, 0.6) is 0 Å². The monoisotopic (exact) mass is 254 g/mol. The highest BCUT2D eigenvalue weighted by molar-refractivity contribution is 8.14. The van der Waals surface area contributed by atoms with Crippen molar-refractivity contribution in [3.05, 3.63) is 17.5 Å². The number of thioether (sulfide) groups is 1. The van der Waals surface area contributed by atoms with E-state index in [1.54, 1.807) is 19.2 Å². The molecule has 0 aliphatic carbocycles. The van der Waals surface area contributed by atoms with Crippen LogP contribution in [-0.4, -0.2) is 38.7 Å². The molecule has 0 radical (unpaired) electrons. The maximum absolute atomic E-state index is 11.6. The summed E-state index contributed by atoms with van der Waals surface area (Å²) in [6.07, 6.45) is 3.23. The number of hydrogen-bond donors (Lipinski definition) is 2. The van der Waals surface area contributed by atoms with Gasteiger partial charge in [-0.1, -0.05) is 17.0 Å². The minimum atomic E-state index is -0.0890. The summed E-state index contributed by atoms with van der Waals surface area (Å²) in [6, 6.07) is 0. The number of amides is 1. The summed E-state index contributed by atoms with van der Waals surface area (Å²) in [6.45, 7) is 3.67. The predicted molar refractivity (Wildman–Crippen MR) is 66.2 cm³/mol. The molecule has 0 saturated heterocycles. The van der Waals surface area contributed by atoms with E-state index in [1.165, 1.54) is 18.7 Å². The summed E-state index contributed by atoms with van der Waals surface area (Å²) >= 11 is 1.17. The molecule has 6 nitrogen and oxygen atoms in total. The molecule has 1 heterocycles. The Hall–Kier alpha value is -1.63. The average molecular weight is 254 g/mol. The zero-order valence-electron chi connectivity index (χ0n) is 9.69. The smallest absolute Gasteiger partial charge is 0.216 e. The minimum absolute atomic E-state index is 0.0232. The fourth-order valence-corrected chi connectivity index (χ4v) is 1.73. The Morgan fingerprint density at radius 1 is 1.53 bits per heavy atom. The minimum Gasteiger partial charge on any atom is -0.356 e. The van der Waals surface area contributed by atoms with Crippen molar-refractivity contribution in [3.8, 4) is 0 Å². The largest absolute Gasteiger partial charge is 0.356 e. The number of H-pyrrole nitrogens is 1. The molecule has 0 aliphatic rings. The van der Waals surface area contributed by atoms with Gasteiger partial charge in [0.1, 0.15) is 0 Å². The average Bonchev–Trinajstić information content (AvgIpc) is 2.76. The molecule has 2 N–H and O–H groups in total. The van der Waals surface area contributed by atoms with Gasteiger partial charge in [0.25, 0.3) is 0 Å². The summed E-state index contributed by atoms with van der Waals surface area (Å²) in [5.74, 6) is 0.471. The van der Waals surface area contributed by atoms with E-state index < -0.39 is 0 Å². The third-order valence-corrected chi connectivity index (χ3v) is 2.83. The Balaban J connectivity index is 2.35. The molecule has 0 aliphatic heterocycles. The molecule has 1 rings (SSSR count). The highest BCUT2D eigenvalue weighted by Crippen LogP contribution is 2.12. The van der Waals surface area contributed by atoms with E-state index in [2.05, 4.69) is 20.7 Å². The molecule has 1 aromatic rings. The summed E-state index contributed by atoms with van der Waals surface area (Å²) in [7, 11) is 0. The van der Waals surface area contributed by atoms with Crippen LogP contribution in [0.15, 0.2) is 11.8 Å². The van der Waals surface area contributed by atoms with Crippen molar-refractivity contribution >= 4 is 28.9 Å².